The second-order valence-electron chi connectivity index (χ2n) is 11.9. The molecule has 1 amide bonds. The summed E-state index contributed by atoms with van der Waals surface area (Å²) in [5, 5.41) is 46.4. The van der Waals surface area contributed by atoms with Crippen molar-refractivity contribution in [1.82, 2.24) is 4.90 Å². The Hall–Kier alpha value is -4.35. The number of aliphatic hydroxyl groups is 3. The molecule has 4 atom stereocenters. The van der Waals surface area contributed by atoms with E-state index in [9.17, 15) is 34.8 Å². The molecule has 0 spiro atoms. The zero-order valence-electron chi connectivity index (χ0n) is 24.3. The predicted octanol–water partition coefficient (Wildman–Crippen LogP) is 2.25. The molecule has 11 heteroatoms. The van der Waals surface area contributed by atoms with Gasteiger partial charge in [-0.15, -0.1) is 0 Å². The Kier molecular flexibility index (Phi) is 6.66. The highest BCUT2D eigenvalue weighted by atomic mass is 16.5. The van der Waals surface area contributed by atoms with E-state index in [1.807, 2.05) is 19.0 Å². The van der Waals surface area contributed by atoms with Crippen LogP contribution in [0.3, 0.4) is 0 Å². The van der Waals surface area contributed by atoms with Gasteiger partial charge in [-0.3, -0.25) is 19.3 Å². The molecule has 1 unspecified atom stereocenters. The second-order valence-corrected chi connectivity index (χ2v) is 11.9. The number of nitrogens with two attached hydrogens (primary N) is 1. The fourth-order valence-corrected chi connectivity index (χ4v) is 7.27. The van der Waals surface area contributed by atoms with E-state index in [0.29, 0.717) is 28.1 Å². The standard InChI is InChI=1S/C31H35N3O8/c1-30-13-15-11-18-19(33(2)3)12-17(14-7-9-16(42-6)10-8-14)23(35)21(18)24(36)20(15)27(38)31(30,41)28(39)22(29(32)40)25(37)26(30)34(4)5/h7-10,12,15,26,35,37-38,41H,11,13H2,1-6H3,(H2,32,40)/t15-,26+,30?,31-/m0/s1. The van der Waals surface area contributed by atoms with Gasteiger partial charge in [0.2, 0.25) is 5.78 Å². The Morgan fingerprint density at radius 3 is 2.21 bits per heavy atom. The van der Waals surface area contributed by atoms with Crippen molar-refractivity contribution in [3.05, 3.63) is 64.1 Å². The Balaban J connectivity index is 1.77. The van der Waals surface area contributed by atoms with Gasteiger partial charge in [0.15, 0.2) is 11.4 Å². The third-order valence-corrected chi connectivity index (χ3v) is 9.13. The minimum absolute atomic E-state index is 0.00732. The lowest BCUT2D eigenvalue weighted by molar-refractivity contribution is -0.165. The number of ketones is 2. The number of carbonyl (C=O) groups is 3. The maximum absolute atomic E-state index is 14.3. The van der Waals surface area contributed by atoms with E-state index in [0.717, 1.165) is 0 Å². The summed E-state index contributed by atoms with van der Waals surface area (Å²) >= 11 is 0. The van der Waals surface area contributed by atoms with Crippen molar-refractivity contribution in [3.63, 3.8) is 0 Å². The first-order chi connectivity index (χ1) is 19.6. The predicted molar refractivity (Wildman–Crippen MR) is 155 cm³/mol. The van der Waals surface area contributed by atoms with Crippen LogP contribution in [0.25, 0.3) is 11.1 Å². The largest absolute Gasteiger partial charge is 0.510 e. The molecule has 0 bridgehead atoms. The highest BCUT2D eigenvalue weighted by molar-refractivity contribution is 6.25. The van der Waals surface area contributed by atoms with Gasteiger partial charge in [-0.25, -0.2) is 0 Å². The number of aliphatic hydroxyl groups excluding tert-OH is 2. The highest BCUT2D eigenvalue weighted by Gasteiger charge is 2.69. The van der Waals surface area contributed by atoms with Gasteiger partial charge in [-0.2, -0.15) is 0 Å². The molecule has 0 aliphatic heterocycles. The van der Waals surface area contributed by atoms with Crippen LogP contribution in [0.5, 0.6) is 11.5 Å². The molecule has 6 N–H and O–H groups in total. The average molecular weight is 578 g/mol. The fourth-order valence-electron chi connectivity index (χ4n) is 7.27. The number of primary amides is 1. The Morgan fingerprint density at radius 1 is 1.07 bits per heavy atom. The minimum atomic E-state index is -2.74. The number of ether oxygens (including phenoxy) is 1. The zero-order chi connectivity index (χ0) is 31.0. The van der Waals surface area contributed by atoms with Gasteiger partial charge < -0.3 is 35.8 Å². The van der Waals surface area contributed by atoms with Crippen molar-refractivity contribution in [2.45, 2.75) is 31.4 Å². The molecular formula is C31H35N3O8. The summed E-state index contributed by atoms with van der Waals surface area (Å²) in [6.07, 6.45) is 0.185. The number of phenols is 1. The molecule has 0 saturated carbocycles. The molecule has 0 fully saturated rings. The summed E-state index contributed by atoms with van der Waals surface area (Å²) in [6.45, 7) is 1.54. The van der Waals surface area contributed by atoms with Crippen LogP contribution in [-0.2, 0) is 16.0 Å². The van der Waals surface area contributed by atoms with E-state index < -0.39 is 57.5 Å². The minimum Gasteiger partial charge on any atom is -0.510 e. The number of nitrogens with zero attached hydrogens (tertiary/aromatic N) is 2. The van der Waals surface area contributed by atoms with Gasteiger partial charge in [0.25, 0.3) is 5.91 Å². The lowest BCUT2D eigenvalue weighted by Crippen LogP contribution is -2.69. The van der Waals surface area contributed by atoms with Crippen LogP contribution in [0, 0.1) is 11.3 Å². The van der Waals surface area contributed by atoms with E-state index in [1.54, 1.807) is 44.4 Å². The number of allylic oxidation sites excluding steroid dienone is 1. The molecule has 2 aromatic carbocycles. The molecule has 5 rings (SSSR count). The number of hydrogen-bond donors (Lipinski definition) is 5. The quantitative estimate of drug-likeness (QED) is 0.332. The SMILES string of the molecule is COc1ccc(-c2cc(N(C)C)c3c(c2O)C(=O)C2=C(O)[C@]4(O)C(=O)C(C(N)=O)=C(O)[C@@H](N(C)C)C4(C)C[C@@H]2C3)cc1. The van der Waals surface area contributed by atoms with Crippen LogP contribution >= 0.6 is 0 Å². The molecule has 2 aromatic rings. The first-order valence-corrected chi connectivity index (χ1v) is 13.5. The monoisotopic (exact) mass is 577 g/mol. The number of carbonyl (C=O) groups excluding carboxylic acids is 3. The Bertz CT molecular complexity index is 1610. The third kappa shape index (κ3) is 3.69. The number of fused-ring (bicyclic) bond motifs is 3. The lowest BCUT2D eigenvalue weighted by Gasteiger charge is -2.57. The van der Waals surface area contributed by atoms with Crippen LogP contribution in [0.4, 0.5) is 5.69 Å². The topological polar surface area (TPSA) is 174 Å². The zero-order valence-corrected chi connectivity index (χ0v) is 24.3. The molecule has 0 heterocycles. The number of rotatable bonds is 5. The van der Waals surface area contributed by atoms with Crippen molar-refractivity contribution in [2.24, 2.45) is 17.1 Å². The van der Waals surface area contributed by atoms with Gasteiger partial charge in [-0.1, -0.05) is 19.1 Å². The number of phenolic OH excluding ortho intramolecular Hbond substituents is 1. The van der Waals surface area contributed by atoms with Gasteiger partial charge in [0.05, 0.1) is 18.7 Å². The normalized spacial score (nSPS) is 27.0. The number of benzene rings is 2. The van der Waals surface area contributed by atoms with Gasteiger partial charge in [0.1, 0.15) is 28.6 Å². The van der Waals surface area contributed by atoms with E-state index in [2.05, 4.69) is 0 Å². The highest BCUT2D eigenvalue weighted by Crippen LogP contribution is 2.59. The summed E-state index contributed by atoms with van der Waals surface area (Å²) in [4.78, 5) is 43.6. The van der Waals surface area contributed by atoms with Crippen LogP contribution in [0.2, 0.25) is 0 Å². The number of hydrogen-bond acceptors (Lipinski definition) is 10. The number of Topliss-reactive ketones (excluding diaryl/α,β-unsaturated/α-hetero) is 2. The molecule has 11 nitrogen and oxygen atoms in total. The van der Waals surface area contributed by atoms with Crippen molar-refractivity contribution in [1.29, 1.82) is 0 Å². The first kappa shape index (κ1) is 29.2. The first-order valence-electron chi connectivity index (χ1n) is 13.5. The fraction of sp³-hybridized carbons (Fsp3) is 0.387. The molecule has 0 saturated heterocycles. The van der Waals surface area contributed by atoms with Crippen molar-refractivity contribution in [2.75, 3.05) is 40.2 Å². The molecule has 0 radical (unpaired) electrons. The second kappa shape index (κ2) is 9.60. The van der Waals surface area contributed by atoms with E-state index >= 15 is 0 Å². The summed E-state index contributed by atoms with van der Waals surface area (Å²) in [5.74, 6) is -5.16. The summed E-state index contributed by atoms with van der Waals surface area (Å²) < 4.78 is 5.24. The summed E-state index contributed by atoms with van der Waals surface area (Å²) in [7, 11) is 8.36. The summed E-state index contributed by atoms with van der Waals surface area (Å²) in [5.41, 5.74) is 2.26. The number of aromatic hydroxyl groups is 1. The molecule has 3 aliphatic rings. The number of anilines is 1. The number of amides is 1. The lowest BCUT2D eigenvalue weighted by atomic mass is 9.51. The molecule has 0 aromatic heterocycles. The third-order valence-electron chi connectivity index (χ3n) is 9.13. The molecule has 222 valence electrons. The van der Waals surface area contributed by atoms with Gasteiger partial charge in [0, 0.05) is 36.3 Å². The van der Waals surface area contributed by atoms with Crippen molar-refractivity contribution >= 4 is 23.2 Å². The molecule has 42 heavy (non-hydrogen) atoms. The van der Waals surface area contributed by atoms with Crippen LogP contribution in [0.1, 0.15) is 29.3 Å². The molecule has 3 aliphatic carbocycles. The number of likely N-dealkylation sites (N-methyl/N-ethyl adjacent to an activating group) is 1. The van der Waals surface area contributed by atoms with Gasteiger partial charge in [-0.05, 0) is 62.2 Å². The smallest absolute Gasteiger partial charge is 0.255 e. The Labute approximate surface area is 243 Å². The van der Waals surface area contributed by atoms with E-state index in [1.165, 1.54) is 18.9 Å². The maximum atomic E-state index is 14.3. The van der Waals surface area contributed by atoms with Crippen LogP contribution in [-0.4, -0.2) is 89.7 Å². The van der Waals surface area contributed by atoms with Crippen molar-refractivity contribution in [3.8, 4) is 22.6 Å². The van der Waals surface area contributed by atoms with E-state index in [4.69, 9.17) is 10.5 Å². The van der Waals surface area contributed by atoms with Crippen molar-refractivity contribution < 1.29 is 39.5 Å². The Morgan fingerprint density at radius 2 is 1.69 bits per heavy atom. The van der Waals surface area contributed by atoms with E-state index in [-0.39, 0.29) is 29.7 Å². The van der Waals surface area contributed by atoms with Crippen LogP contribution in [0.15, 0.2) is 53.0 Å². The summed E-state index contributed by atoms with van der Waals surface area (Å²) in [6, 6.07) is 7.63. The molecular weight excluding hydrogens is 542 g/mol. The average Bonchev–Trinajstić information content (AvgIpc) is 2.90. The maximum Gasteiger partial charge on any atom is 0.255 e. The van der Waals surface area contributed by atoms with Gasteiger partial charge >= 0.3 is 0 Å². The number of methoxy groups -OCH3 is 1. The van der Waals surface area contributed by atoms with Crippen LogP contribution < -0.4 is 15.4 Å².